The zero-order chi connectivity index (χ0) is 14.4. The van der Waals surface area contributed by atoms with Crippen LogP contribution < -0.4 is 5.32 Å². The van der Waals surface area contributed by atoms with Crippen LogP contribution in [0.1, 0.15) is 18.3 Å². The lowest BCUT2D eigenvalue weighted by molar-refractivity contribution is 0.128. The van der Waals surface area contributed by atoms with Crippen molar-refractivity contribution in [2.45, 2.75) is 30.4 Å². The molecule has 0 aliphatic rings. The van der Waals surface area contributed by atoms with Gasteiger partial charge in [-0.15, -0.1) is 0 Å². The third kappa shape index (κ3) is 3.95. The number of hydrogen-bond donors (Lipinski definition) is 1. The van der Waals surface area contributed by atoms with E-state index in [-0.39, 0.29) is 0 Å². The molecule has 0 aliphatic carbocycles. The number of nitrogens with one attached hydrogen (secondary N) is 1. The lowest BCUT2D eigenvalue weighted by Gasteiger charge is -2.09. The first-order valence-corrected chi connectivity index (χ1v) is 7.41. The van der Waals surface area contributed by atoms with Crippen LogP contribution in [0, 0.1) is 6.92 Å². The molecule has 0 amide bonds. The topological polar surface area (TPSA) is 47.0 Å². The Labute approximate surface area is 124 Å². The maximum atomic E-state index is 5.39. The van der Waals surface area contributed by atoms with Gasteiger partial charge in [0.2, 0.25) is 0 Å². The Kier molecular flexibility index (Phi) is 5.38. The molecule has 5 heteroatoms. The molecular weight excluding hydrogens is 270 g/mol. The molecule has 1 heterocycles. The fourth-order valence-electron chi connectivity index (χ4n) is 1.69. The van der Waals surface area contributed by atoms with Crippen LogP contribution in [0.5, 0.6) is 0 Å². The summed E-state index contributed by atoms with van der Waals surface area (Å²) in [6, 6.07) is 10.2. The Morgan fingerprint density at radius 3 is 2.75 bits per heavy atom. The molecule has 0 saturated heterocycles. The van der Waals surface area contributed by atoms with Gasteiger partial charge in [-0.2, -0.15) is 0 Å². The number of rotatable bonds is 6. The van der Waals surface area contributed by atoms with Crippen LogP contribution in [0.4, 0.5) is 5.82 Å². The van der Waals surface area contributed by atoms with Crippen molar-refractivity contribution >= 4 is 17.6 Å². The van der Waals surface area contributed by atoms with Gasteiger partial charge in [0, 0.05) is 24.6 Å². The summed E-state index contributed by atoms with van der Waals surface area (Å²) >= 11 is 1.64. The van der Waals surface area contributed by atoms with Crippen LogP contribution in [0.15, 0.2) is 40.3 Å². The Bertz CT molecular complexity index is 575. The largest absolute Gasteiger partial charge is 0.374 e. The van der Waals surface area contributed by atoms with Gasteiger partial charge in [-0.05, 0) is 25.5 Å². The van der Waals surface area contributed by atoms with Gasteiger partial charge in [0.15, 0.2) is 5.82 Å². The predicted molar refractivity (Wildman–Crippen MR) is 82.2 cm³/mol. The second kappa shape index (κ2) is 7.26. The molecule has 2 aromatic rings. The SMILES string of the molecule is CCOCc1nc(NC)cc(Sc2ccccc2C)n1. The van der Waals surface area contributed by atoms with Crippen LogP contribution >= 0.6 is 11.8 Å². The van der Waals surface area contributed by atoms with E-state index in [0.717, 1.165) is 10.8 Å². The zero-order valence-electron chi connectivity index (χ0n) is 12.0. The molecule has 1 aromatic heterocycles. The zero-order valence-corrected chi connectivity index (χ0v) is 12.8. The molecule has 0 radical (unpaired) electrons. The third-order valence-corrected chi connectivity index (χ3v) is 3.84. The molecule has 2 rings (SSSR count). The van der Waals surface area contributed by atoms with Crippen molar-refractivity contribution in [2.75, 3.05) is 19.0 Å². The first-order chi connectivity index (χ1) is 9.72. The van der Waals surface area contributed by atoms with Gasteiger partial charge >= 0.3 is 0 Å². The molecule has 0 saturated carbocycles. The van der Waals surface area contributed by atoms with Gasteiger partial charge in [-0.3, -0.25) is 0 Å². The molecule has 0 spiro atoms. The number of hydrogen-bond acceptors (Lipinski definition) is 5. The van der Waals surface area contributed by atoms with Crippen LogP contribution in [0.3, 0.4) is 0 Å². The first-order valence-electron chi connectivity index (χ1n) is 6.60. The van der Waals surface area contributed by atoms with E-state index < -0.39 is 0 Å². The molecule has 106 valence electrons. The number of anilines is 1. The van der Waals surface area contributed by atoms with E-state index in [1.807, 2.05) is 32.2 Å². The Morgan fingerprint density at radius 2 is 2.05 bits per heavy atom. The standard InChI is InChI=1S/C15H19N3OS/c1-4-19-10-14-17-13(16-3)9-15(18-14)20-12-8-6-5-7-11(12)2/h5-9H,4,10H2,1-3H3,(H,16,17,18). The smallest absolute Gasteiger partial charge is 0.157 e. The minimum atomic E-state index is 0.438. The monoisotopic (exact) mass is 289 g/mol. The van der Waals surface area contributed by atoms with Crippen molar-refractivity contribution in [3.63, 3.8) is 0 Å². The average molecular weight is 289 g/mol. The van der Waals surface area contributed by atoms with Gasteiger partial charge in [0.05, 0.1) is 0 Å². The quantitative estimate of drug-likeness (QED) is 0.825. The van der Waals surface area contributed by atoms with Crippen LogP contribution in [-0.4, -0.2) is 23.6 Å². The van der Waals surface area contributed by atoms with Crippen molar-refractivity contribution in [3.05, 3.63) is 41.7 Å². The molecule has 1 N–H and O–H groups in total. The van der Waals surface area contributed by atoms with Crippen LogP contribution in [0.25, 0.3) is 0 Å². The Morgan fingerprint density at radius 1 is 1.25 bits per heavy atom. The van der Waals surface area contributed by atoms with E-state index in [0.29, 0.717) is 19.0 Å². The normalized spacial score (nSPS) is 10.6. The summed E-state index contributed by atoms with van der Waals surface area (Å²) in [5, 5.41) is 3.99. The number of aryl methyl sites for hydroxylation is 1. The number of aromatic nitrogens is 2. The lowest BCUT2D eigenvalue weighted by Crippen LogP contribution is -2.03. The molecule has 0 aliphatic heterocycles. The van der Waals surface area contributed by atoms with Gasteiger partial charge in [0.1, 0.15) is 17.5 Å². The van der Waals surface area contributed by atoms with E-state index in [2.05, 4.69) is 34.3 Å². The second-order valence-electron chi connectivity index (χ2n) is 4.26. The molecule has 4 nitrogen and oxygen atoms in total. The summed E-state index contributed by atoms with van der Waals surface area (Å²) in [5.41, 5.74) is 1.24. The Balaban J connectivity index is 2.24. The van der Waals surface area contributed by atoms with Gasteiger partial charge in [-0.1, -0.05) is 30.0 Å². The summed E-state index contributed by atoms with van der Waals surface area (Å²) in [7, 11) is 1.86. The molecule has 0 fully saturated rings. The van der Waals surface area contributed by atoms with Gasteiger partial charge < -0.3 is 10.1 Å². The van der Waals surface area contributed by atoms with E-state index in [9.17, 15) is 0 Å². The Hall–Kier alpha value is -1.59. The molecule has 1 aromatic carbocycles. The second-order valence-corrected chi connectivity index (χ2v) is 5.32. The predicted octanol–water partition coefficient (Wildman–Crippen LogP) is 3.51. The van der Waals surface area contributed by atoms with Gasteiger partial charge in [-0.25, -0.2) is 9.97 Å². The first kappa shape index (κ1) is 14.8. The molecule has 0 atom stereocenters. The van der Waals surface area contributed by atoms with Crippen molar-refractivity contribution in [1.29, 1.82) is 0 Å². The van der Waals surface area contributed by atoms with Crippen molar-refractivity contribution in [2.24, 2.45) is 0 Å². The molecule has 20 heavy (non-hydrogen) atoms. The van der Waals surface area contributed by atoms with Crippen molar-refractivity contribution < 1.29 is 4.74 Å². The van der Waals surface area contributed by atoms with E-state index in [1.54, 1.807) is 11.8 Å². The lowest BCUT2D eigenvalue weighted by atomic mass is 10.2. The number of benzene rings is 1. The molecule has 0 unspecified atom stereocenters. The number of nitrogens with zero attached hydrogens (tertiary/aromatic N) is 2. The summed E-state index contributed by atoms with van der Waals surface area (Å²) in [5.74, 6) is 1.51. The van der Waals surface area contributed by atoms with E-state index >= 15 is 0 Å². The average Bonchev–Trinajstić information content (AvgIpc) is 2.47. The molecule has 0 bridgehead atoms. The van der Waals surface area contributed by atoms with Crippen LogP contribution in [-0.2, 0) is 11.3 Å². The fourth-order valence-corrected chi connectivity index (χ4v) is 2.62. The summed E-state index contributed by atoms with van der Waals surface area (Å²) < 4.78 is 5.39. The minimum absolute atomic E-state index is 0.438. The summed E-state index contributed by atoms with van der Waals surface area (Å²) in [6.07, 6.45) is 0. The fraction of sp³-hybridized carbons (Fsp3) is 0.333. The van der Waals surface area contributed by atoms with E-state index in [4.69, 9.17) is 4.74 Å². The highest BCUT2D eigenvalue weighted by molar-refractivity contribution is 7.99. The minimum Gasteiger partial charge on any atom is -0.374 e. The molecular formula is C15H19N3OS. The highest BCUT2D eigenvalue weighted by atomic mass is 32.2. The maximum Gasteiger partial charge on any atom is 0.157 e. The summed E-state index contributed by atoms with van der Waals surface area (Å²) in [4.78, 5) is 10.1. The number of ether oxygens (including phenoxy) is 1. The third-order valence-electron chi connectivity index (χ3n) is 2.75. The van der Waals surface area contributed by atoms with Crippen molar-refractivity contribution in [3.8, 4) is 0 Å². The highest BCUT2D eigenvalue weighted by Crippen LogP contribution is 2.29. The highest BCUT2D eigenvalue weighted by Gasteiger charge is 2.07. The van der Waals surface area contributed by atoms with Gasteiger partial charge in [0.25, 0.3) is 0 Å². The van der Waals surface area contributed by atoms with E-state index in [1.165, 1.54) is 10.5 Å². The van der Waals surface area contributed by atoms with Crippen LogP contribution in [0.2, 0.25) is 0 Å². The maximum absolute atomic E-state index is 5.39. The van der Waals surface area contributed by atoms with Crippen molar-refractivity contribution in [1.82, 2.24) is 9.97 Å². The summed E-state index contributed by atoms with van der Waals surface area (Å²) in [6.45, 7) is 5.16.